The molecule has 2 heterocycles. The number of rotatable bonds is 5. The second-order valence-electron chi connectivity index (χ2n) is 4.94. The molecule has 1 atom stereocenters. The van der Waals surface area contributed by atoms with Crippen LogP contribution in [0.5, 0.6) is 0 Å². The normalized spacial score (nSPS) is 13.2. The van der Waals surface area contributed by atoms with Gasteiger partial charge in [-0.25, -0.2) is 9.97 Å². The van der Waals surface area contributed by atoms with E-state index in [0.29, 0.717) is 5.92 Å². The molecule has 1 unspecified atom stereocenters. The lowest BCUT2D eigenvalue weighted by atomic mass is 10.0. The fourth-order valence-corrected chi connectivity index (χ4v) is 2.72. The monoisotopic (exact) mass is 265 g/mol. The zero-order chi connectivity index (χ0) is 13.1. The molecule has 6 heteroatoms. The van der Waals surface area contributed by atoms with E-state index >= 15 is 0 Å². The lowest BCUT2D eigenvalue weighted by Crippen LogP contribution is -2.30. The number of hydrogen-bond donors (Lipinski definition) is 2. The van der Waals surface area contributed by atoms with Gasteiger partial charge >= 0.3 is 0 Å². The number of aryl methyl sites for hydroxylation is 1. The fourth-order valence-electron chi connectivity index (χ4n) is 1.97. The molecule has 0 bridgehead atoms. The van der Waals surface area contributed by atoms with E-state index in [4.69, 9.17) is 5.73 Å². The zero-order valence-electron chi connectivity index (χ0n) is 11.0. The van der Waals surface area contributed by atoms with Gasteiger partial charge in [0, 0.05) is 12.6 Å². The number of anilines is 1. The van der Waals surface area contributed by atoms with Crippen molar-refractivity contribution in [1.29, 1.82) is 0 Å². The largest absolute Gasteiger partial charge is 0.368 e. The summed E-state index contributed by atoms with van der Waals surface area (Å²) in [5, 5.41) is 4.32. The van der Waals surface area contributed by atoms with Crippen molar-refractivity contribution in [2.24, 2.45) is 11.7 Å². The van der Waals surface area contributed by atoms with Crippen molar-refractivity contribution in [1.82, 2.24) is 14.3 Å². The van der Waals surface area contributed by atoms with Gasteiger partial charge in [-0.1, -0.05) is 13.8 Å². The van der Waals surface area contributed by atoms with Crippen molar-refractivity contribution < 1.29 is 0 Å². The van der Waals surface area contributed by atoms with Crippen LogP contribution >= 0.6 is 11.5 Å². The topological polar surface area (TPSA) is 76.7 Å². The molecule has 0 aliphatic rings. The van der Waals surface area contributed by atoms with Crippen molar-refractivity contribution in [2.45, 2.75) is 33.2 Å². The van der Waals surface area contributed by atoms with Crippen LogP contribution < -0.4 is 11.1 Å². The number of aromatic nitrogens is 3. The van der Waals surface area contributed by atoms with Crippen molar-refractivity contribution in [2.75, 3.05) is 11.9 Å². The zero-order valence-corrected chi connectivity index (χ0v) is 11.8. The van der Waals surface area contributed by atoms with Gasteiger partial charge in [0.1, 0.15) is 17.0 Å². The molecule has 18 heavy (non-hydrogen) atoms. The third kappa shape index (κ3) is 2.94. The molecule has 0 saturated heterocycles. The highest BCUT2D eigenvalue weighted by Gasteiger charge is 2.11. The molecule has 0 radical (unpaired) electrons. The molecule has 2 aromatic rings. The quantitative estimate of drug-likeness (QED) is 0.866. The van der Waals surface area contributed by atoms with E-state index < -0.39 is 0 Å². The molecule has 2 rings (SSSR count). The molecule has 0 fully saturated rings. The molecule has 0 aliphatic heterocycles. The second kappa shape index (κ2) is 5.58. The SMILES string of the molecule is Cc1nsc2ncnc(NCC(N)CC(C)C)c12. The van der Waals surface area contributed by atoms with Crippen LogP contribution in [0.25, 0.3) is 10.2 Å². The summed E-state index contributed by atoms with van der Waals surface area (Å²) in [5.41, 5.74) is 7.03. The van der Waals surface area contributed by atoms with Crippen LogP contribution in [-0.4, -0.2) is 26.9 Å². The molecule has 0 spiro atoms. The molecule has 2 aromatic heterocycles. The minimum absolute atomic E-state index is 0.141. The Morgan fingerprint density at radius 1 is 1.39 bits per heavy atom. The summed E-state index contributed by atoms with van der Waals surface area (Å²) in [6, 6.07) is 0.141. The summed E-state index contributed by atoms with van der Waals surface area (Å²) >= 11 is 1.40. The highest BCUT2D eigenvalue weighted by molar-refractivity contribution is 7.13. The van der Waals surface area contributed by atoms with E-state index in [0.717, 1.165) is 34.7 Å². The highest BCUT2D eigenvalue weighted by atomic mass is 32.1. The van der Waals surface area contributed by atoms with Gasteiger partial charge in [-0.15, -0.1) is 0 Å². The van der Waals surface area contributed by atoms with Gasteiger partial charge in [0.2, 0.25) is 0 Å². The Balaban J connectivity index is 2.10. The third-order valence-electron chi connectivity index (χ3n) is 2.75. The van der Waals surface area contributed by atoms with Crippen LogP contribution in [-0.2, 0) is 0 Å². The molecule has 3 N–H and O–H groups in total. The van der Waals surface area contributed by atoms with E-state index in [2.05, 4.69) is 33.5 Å². The number of nitrogens with two attached hydrogens (primary N) is 1. The van der Waals surface area contributed by atoms with E-state index in [1.807, 2.05) is 6.92 Å². The number of nitrogens with zero attached hydrogens (tertiary/aromatic N) is 3. The van der Waals surface area contributed by atoms with Crippen LogP contribution in [0.3, 0.4) is 0 Å². The summed E-state index contributed by atoms with van der Waals surface area (Å²) in [6.45, 7) is 7.05. The molecular formula is C12H19N5S. The molecule has 0 aliphatic carbocycles. The lowest BCUT2D eigenvalue weighted by Gasteiger charge is -2.15. The fraction of sp³-hybridized carbons (Fsp3) is 0.583. The first kappa shape index (κ1) is 13.2. The summed E-state index contributed by atoms with van der Waals surface area (Å²) in [7, 11) is 0. The van der Waals surface area contributed by atoms with Gasteiger partial charge in [0.15, 0.2) is 0 Å². The van der Waals surface area contributed by atoms with E-state index in [9.17, 15) is 0 Å². The van der Waals surface area contributed by atoms with E-state index in [1.165, 1.54) is 11.5 Å². The van der Waals surface area contributed by atoms with Gasteiger partial charge in [-0.2, -0.15) is 4.37 Å². The van der Waals surface area contributed by atoms with Crippen LogP contribution in [0.2, 0.25) is 0 Å². The molecule has 5 nitrogen and oxygen atoms in total. The number of nitrogens with one attached hydrogen (secondary N) is 1. The minimum Gasteiger partial charge on any atom is -0.368 e. The van der Waals surface area contributed by atoms with Gasteiger partial charge in [-0.05, 0) is 30.8 Å². The maximum Gasteiger partial charge on any atom is 0.149 e. The van der Waals surface area contributed by atoms with Crippen LogP contribution in [0.15, 0.2) is 6.33 Å². The van der Waals surface area contributed by atoms with E-state index in [-0.39, 0.29) is 6.04 Å². The first-order chi connectivity index (χ1) is 8.58. The first-order valence-corrected chi connectivity index (χ1v) is 6.91. The molecule has 98 valence electrons. The second-order valence-corrected chi connectivity index (χ2v) is 5.69. The standard InChI is InChI=1S/C12H19N5S/c1-7(2)4-9(13)5-14-11-10-8(3)17-18-12(10)16-6-15-11/h6-7,9H,4-5,13H2,1-3H3,(H,14,15,16). The lowest BCUT2D eigenvalue weighted by molar-refractivity contribution is 0.508. The summed E-state index contributed by atoms with van der Waals surface area (Å²) in [4.78, 5) is 9.41. The Morgan fingerprint density at radius 2 is 2.17 bits per heavy atom. The van der Waals surface area contributed by atoms with Gasteiger partial charge in [0.25, 0.3) is 0 Å². The first-order valence-electron chi connectivity index (χ1n) is 6.14. The maximum absolute atomic E-state index is 6.06. The molecular weight excluding hydrogens is 246 g/mol. The maximum atomic E-state index is 6.06. The molecule has 0 amide bonds. The van der Waals surface area contributed by atoms with Gasteiger partial charge < -0.3 is 11.1 Å². The summed E-state index contributed by atoms with van der Waals surface area (Å²) in [5.74, 6) is 1.45. The Bertz CT molecular complexity index is 522. The van der Waals surface area contributed by atoms with E-state index in [1.54, 1.807) is 6.33 Å². The van der Waals surface area contributed by atoms with Crippen LogP contribution in [0, 0.1) is 12.8 Å². The Labute approximate surface area is 111 Å². The Morgan fingerprint density at radius 3 is 2.89 bits per heavy atom. The summed E-state index contributed by atoms with van der Waals surface area (Å²) < 4.78 is 4.30. The van der Waals surface area contributed by atoms with Crippen molar-refractivity contribution in [3.63, 3.8) is 0 Å². The predicted molar refractivity (Wildman–Crippen MR) is 75.9 cm³/mol. The molecule has 0 aromatic carbocycles. The van der Waals surface area contributed by atoms with Crippen molar-refractivity contribution in [3.8, 4) is 0 Å². The highest BCUT2D eigenvalue weighted by Crippen LogP contribution is 2.25. The average Bonchev–Trinajstić information content (AvgIpc) is 2.68. The van der Waals surface area contributed by atoms with Crippen LogP contribution in [0.4, 0.5) is 5.82 Å². The Hall–Kier alpha value is -1.27. The van der Waals surface area contributed by atoms with Gasteiger partial charge in [-0.3, -0.25) is 0 Å². The molecule has 0 saturated carbocycles. The van der Waals surface area contributed by atoms with Crippen molar-refractivity contribution in [3.05, 3.63) is 12.0 Å². The average molecular weight is 265 g/mol. The number of fused-ring (bicyclic) bond motifs is 1. The smallest absolute Gasteiger partial charge is 0.149 e. The van der Waals surface area contributed by atoms with Crippen molar-refractivity contribution >= 4 is 27.6 Å². The Kier molecular flexibility index (Phi) is 4.08. The third-order valence-corrected chi connectivity index (χ3v) is 3.60. The minimum atomic E-state index is 0.141. The predicted octanol–water partition coefficient (Wildman–Crippen LogP) is 2.18. The van der Waals surface area contributed by atoms with Gasteiger partial charge in [0.05, 0.1) is 11.1 Å². The number of hydrogen-bond acceptors (Lipinski definition) is 6. The van der Waals surface area contributed by atoms with Crippen LogP contribution in [0.1, 0.15) is 26.0 Å². The summed E-state index contributed by atoms with van der Waals surface area (Å²) in [6.07, 6.45) is 2.57.